The Hall–Kier alpha value is -1.78. The summed E-state index contributed by atoms with van der Waals surface area (Å²) in [5.74, 6) is 0.648. The third kappa shape index (κ3) is 3.84. The summed E-state index contributed by atoms with van der Waals surface area (Å²) in [5.41, 5.74) is 5.19. The third-order valence-electron chi connectivity index (χ3n) is 2.30. The number of hydrogen-bond donors (Lipinski definition) is 1. The molecule has 0 saturated carbocycles. The number of imidazole rings is 1. The molecule has 2 N–H and O–H groups in total. The Bertz CT molecular complexity index is 488. The number of carbonyl (C=O) groups excluding carboxylic acids is 1. The molecule has 1 aromatic heterocycles. The van der Waals surface area contributed by atoms with E-state index >= 15 is 0 Å². The van der Waals surface area contributed by atoms with Gasteiger partial charge in [-0.3, -0.25) is 0 Å². The van der Waals surface area contributed by atoms with E-state index in [0.29, 0.717) is 11.5 Å². The Morgan fingerprint density at radius 2 is 1.89 bits per heavy atom. The van der Waals surface area contributed by atoms with Crippen molar-refractivity contribution in [1.29, 1.82) is 0 Å². The van der Waals surface area contributed by atoms with E-state index in [0.717, 1.165) is 0 Å². The van der Waals surface area contributed by atoms with Gasteiger partial charge in [-0.25, -0.2) is 14.3 Å². The predicted octanol–water partition coefficient (Wildman–Crippen LogP) is 2.89. The Kier molecular flexibility index (Phi) is 4.08. The van der Waals surface area contributed by atoms with Crippen LogP contribution in [0.4, 0.5) is 4.79 Å². The number of nitrogens with zero attached hydrogens (tertiary/aromatic N) is 2. The number of carbonyl (C=O) groups is 1. The third-order valence-corrected chi connectivity index (χ3v) is 2.30. The van der Waals surface area contributed by atoms with Crippen molar-refractivity contribution in [3.05, 3.63) is 23.9 Å². The molecule has 0 radical (unpaired) electrons. The lowest BCUT2D eigenvalue weighted by molar-refractivity contribution is 0.0525. The highest BCUT2D eigenvalue weighted by atomic mass is 16.6. The molecule has 0 aliphatic carbocycles. The number of rotatable bonds is 1. The fourth-order valence-electron chi connectivity index (χ4n) is 1.61. The maximum Gasteiger partial charge on any atom is 0.420 e. The van der Waals surface area contributed by atoms with Crippen LogP contribution in [0.5, 0.6) is 0 Å². The molecule has 106 valence electrons. The molecule has 0 aliphatic heterocycles. The molecular weight excluding hydrogens is 242 g/mol. The first-order valence-electron chi connectivity index (χ1n) is 6.26. The van der Waals surface area contributed by atoms with Gasteiger partial charge in [0.1, 0.15) is 11.4 Å². The number of nitrogens with two attached hydrogens (primary N) is 1. The second-order valence-corrected chi connectivity index (χ2v) is 6.43. The van der Waals surface area contributed by atoms with Crippen LogP contribution in [0.25, 0.3) is 6.08 Å². The SMILES string of the molecule is CC(C)(C)OC(=O)n1c(/C=C/N)cnc1C(C)(C)C. The molecule has 0 amide bonds. The molecule has 0 saturated heterocycles. The van der Waals surface area contributed by atoms with E-state index in [4.69, 9.17) is 10.5 Å². The molecule has 5 heteroatoms. The van der Waals surface area contributed by atoms with Gasteiger partial charge < -0.3 is 10.5 Å². The zero-order valence-electron chi connectivity index (χ0n) is 12.5. The number of hydrogen-bond acceptors (Lipinski definition) is 4. The molecule has 0 aromatic carbocycles. The van der Waals surface area contributed by atoms with Crippen LogP contribution < -0.4 is 5.73 Å². The Morgan fingerprint density at radius 3 is 2.32 bits per heavy atom. The molecule has 0 aliphatic rings. The summed E-state index contributed by atoms with van der Waals surface area (Å²) < 4.78 is 6.88. The number of aromatic nitrogens is 2. The Balaban J connectivity index is 3.29. The summed E-state index contributed by atoms with van der Waals surface area (Å²) in [4.78, 5) is 16.6. The monoisotopic (exact) mass is 265 g/mol. The van der Waals surface area contributed by atoms with Gasteiger partial charge >= 0.3 is 6.09 Å². The molecule has 0 bridgehead atoms. The molecule has 0 unspecified atom stereocenters. The Morgan fingerprint density at radius 1 is 1.32 bits per heavy atom. The maximum absolute atomic E-state index is 12.3. The average molecular weight is 265 g/mol. The van der Waals surface area contributed by atoms with Crippen LogP contribution in [0, 0.1) is 0 Å². The molecule has 1 heterocycles. The molecule has 19 heavy (non-hydrogen) atoms. The van der Waals surface area contributed by atoms with Gasteiger partial charge in [-0.2, -0.15) is 0 Å². The van der Waals surface area contributed by atoms with E-state index in [9.17, 15) is 4.79 Å². The number of ether oxygens (including phenoxy) is 1. The molecule has 5 nitrogen and oxygen atoms in total. The van der Waals surface area contributed by atoms with Gasteiger partial charge in [0.25, 0.3) is 0 Å². The van der Waals surface area contributed by atoms with E-state index in [-0.39, 0.29) is 5.41 Å². The lowest BCUT2D eigenvalue weighted by Gasteiger charge is -2.24. The fraction of sp³-hybridized carbons (Fsp3) is 0.571. The van der Waals surface area contributed by atoms with Gasteiger partial charge in [0.05, 0.1) is 11.9 Å². The van der Waals surface area contributed by atoms with Crippen LogP contribution in [0.1, 0.15) is 53.1 Å². The zero-order valence-corrected chi connectivity index (χ0v) is 12.5. The van der Waals surface area contributed by atoms with Crippen molar-refractivity contribution in [2.75, 3.05) is 0 Å². The van der Waals surface area contributed by atoms with Crippen molar-refractivity contribution in [2.45, 2.75) is 52.6 Å². The summed E-state index contributed by atoms with van der Waals surface area (Å²) in [6.07, 6.45) is 4.19. The van der Waals surface area contributed by atoms with Gasteiger partial charge in [-0.1, -0.05) is 20.8 Å². The minimum atomic E-state index is -0.555. The minimum absolute atomic E-state index is 0.266. The van der Waals surface area contributed by atoms with Crippen LogP contribution in [0.15, 0.2) is 12.4 Å². The quantitative estimate of drug-likeness (QED) is 0.847. The fourth-order valence-corrected chi connectivity index (χ4v) is 1.61. The molecule has 1 aromatic rings. The topological polar surface area (TPSA) is 70.1 Å². The molecule has 1 rings (SSSR count). The summed E-state index contributed by atoms with van der Waals surface area (Å²) in [6.45, 7) is 11.5. The highest BCUT2D eigenvalue weighted by Crippen LogP contribution is 2.24. The van der Waals surface area contributed by atoms with Crippen LogP contribution in [0.2, 0.25) is 0 Å². The molecule has 0 atom stereocenters. The van der Waals surface area contributed by atoms with Crippen molar-refractivity contribution in [1.82, 2.24) is 9.55 Å². The standard InChI is InChI=1S/C14H23N3O2/c1-13(2,3)11-16-9-10(7-8-15)17(11)12(18)19-14(4,5)6/h7-9H,15H2,1-6H3/b8-7+. The van der Waals surface area contributed by atoms with Crippen LogP contribution >= 0.6 is 0 Å². The lowest BCUT2D eigenvalue weighted by atomic mass is 9.96. The van der Waals surface area contributed by atoms with Crippen molar-refractivity contribution in [2.24, 2.45) is 5.73 Å². The first-order valence-corrected chi connectivity index (χ1v) is 6.26. The molecular formula is C14H23N3O2. The van der Waals surface area contributed by atoms with Gasteiger partial charge in [0.2, 0.25) is 0 Å². The summed E-state index contributed by atoms with van der Waals surface area (Å²) >= 11 is 0. The van der Waals surface area contributed by atoms with Crippen LogP contribution in [0.3, 0.4) is 0 Å². The van der Waals surface area contributed by atoms with Gasteiger partial charge in [-0.15, -0.1) is 0 Å². The van der Waals surface area contributed by atoms with Gasteiger partial charge in [-0.05, 0) is 33.0 Å². The Labute approximate surface area is 114 Å². The normalized spacial score (nSPS) is 12.9. The lowest BCUT2D eigenvalue weighted by Crippen LogP contribution is -2.31. The second kappa shape index (κ2) is 5.07. The highest BCUT2D eigenvalue weighted by molar-refractivity contribution is 5.75. The van der Waals surface area contributed by atoms with E-state index in [1.807, 2.05) is 41.5 Å². The summed E-state index contributed by atoms with van der Waals surface area (Å²) in [5, 5.41) is 0. The van der Waals surface area contributed by atoms with E-state index in [1.165, 1.54) is 10.8 Å². The smallest absolute Gasteiger partial charge is 0.420 e. The van der Waals surface area contributed by atoms with Gasteiger partial charge in [0, 0.05) is 5.41 Å². The van der Waals surface area contributed by atoms with Crippen molar-refractivity contribution in [3.8, 4) is 0 Å². The molecule has 0 fully saturated rings. The highest BCUT2D eigenvalue weighted by Gasteiger charge is 2.28. The summed E-state index contributed by atoms with van der Waals surface area (Å²) in [6, 6.07) is 0. The predicted molar refractivity (Wildman–Crippen MR) is 75.8 cm³/mol. The maximum atomic E-state index is 12.3. The first-order chi connectivity index (χ1) is 8.56. The zero-order chi connectivity index (χ0) is 14.8. The van der Waals surface area contributed by atoms with E-state index in [2.05, 4.69) is 4.98 Å². The molecule has 0 spiro atoms. The van der Waals surface area contributed by atoms with Crippen molar-refractivity contribution >= 4 is 12.2 Å². The van der Waals surface area contributed by atoms with E-state index < -0.39 is 11.7 Å². The van der Waals surface area contributed by atoms with Crippen molar-refractivity contribution < 1.29 is 9.53 Å². The summed E-state index contributed by atoms with van der Waals surface area (Å²) in [7, 11) is 0. The largest absolute Gasteiger partial charge is 0.443 e. The van der Waals surface area contributed by atoms with Crippen LogP contribution in [-0.4, -0.2) is 21.2 Å². The average Bonchev–Trinajstić information content (AvgIpc) is 2.58. The van der Waals surface area contributed by atoms with Gasteiger partial charge in [0.15, 0.2) is 0 Å². The second-order valence-electron chi connectivity index (χ2n) is 6.43. The van der Waals surface area contributed by atoms with E-state index in [1.54, 1.807) is 12.3 Å². The minimum Gasteiger partial charge on any atom is -0.443 e. The van der Waals surface area contributed by atoms with Crippen LogP contribution in [-0.2, 0) is 10.2 Å². The first kappa shape index (κ1) is 15.3. The van der Waals surface area contributed by atoms with Crippen molar-refractivity contribution in [3.63, 3.8) is 0 Å².